The molecule has 156 valence electrons. The van der Waals surface area contributed by atoms with Crippen LogP contribution in [0.5, 0.6) is 0 Å². The lowest BCUT2D eigenvalue weighted by Gasteiger charge is -2.35. The molecule has 1 aliphatic heterocycles. The van der Waals surface area contributed by atoms with E-state index in [1.807, 2.05) is 41.4 Å². The minimum absolute atomic E-state index is 0.0553. The van der Waals surface area contributed by atoms with Crippen LogP contribution in [0.4, 0.5) is 0 Å². The fourth-order valence-electron chi connectivity index (χ4n) is 4.00. The van der Waals surface area contributed by atoms with E-state index in [1.54, 1.807) is 6.92 Å². The zero-order valence-electron chi connectivity index (χ0n) is 17.4. The monoisotopic (exact) mass is 413 g/mol. The van der Waals surface area contributed by atoms with Gasteiger partial charge < -0.3 is 9.42 Å². The summed E-state index contributed by atoms with van der Waals surface area (Å²) in [6.07, 6.45) is 1.84. The summed E-state index contributed by atoms with van der Waals surface area (Å²) >= 11 is 0. The van der Waals surface area contributed by atoms with Crippen molar-refractivity contribution in [2.75, 3.05) is 26.2 Å². The van der Waals surface area contributed by atoms with Gasteiger partial charge in [0.15, 0.2) is 5.82 Å². The molecule has 0 N–H and O–H groups in total. The van der Waals surface area contributed by atoms with E-state index in [1.165, 1.54) is 5.56 Å². The Morgan fingerprint density at radius 1 is 1.00 bits per heavy atom. The average Bonchev–Trinajstić information content (AvgIpc) is 3.26. The Labute approximate surface area is 180 Å². The normalized spacial score (nSPS) is 14.8. The summed E-state index contributed by atoms with van der Waals surface area (Å²) in [5.74, 6) is 1.11. The maximum absolute atomic E-state index is 12.9. The molecule has 0 aliphatic carbocycles. The molecular weight excluding hydrogens is 390 g/mol. The molecule has 2 aromatic carbocycles. The Morgan fingerprint density at radius 3 is 2.52 bits per heavy atom. The number of aromatic nitrogens is 3. The summed E-state index contributed by atoms with van der Waals surface area (Å²) < 4.78 is 5.19. The molecule has 0 bridgehead atoms. The van der Waals surface area contributed by atoms with E-state index in [4.69, 9.17) is 4.52 Å². The van der Waals surface area contributed by atoms with Gasteiger partial charge in [-0.3, -0.25) is 14.7 Å². The average molecular weight is 413 g/mol. The molecule has 1 amide bonds. The van der Waals surface area contributed by atoms with Crippen LogP contribution in [-0.2, 0) is 6.54 Å². The molecule has 0 radical (unpaired) electrons. The third-order valence-corrected chi connectivity index (χ3v) is 5.68. The second-order valence-corrected chi connectivity index (χ2v) is 7.78. The number of hydrogen-bond donors (Lipinski definition) is 0. The lowest BCUT2D eigenvalue weighted by atomic mass is 10.1. The van der Waals surface area contributed by atoms with E-state index >= 15 is 0 Å². The van der Waals surface area contributed by atoms with Gasteiger partial charge in [-0.15, -0.1) is 0 Å². The molecule has 7 nitrogen and oxygen atoms in total. The van der Waals surface area contributed by atoms with Gasteiger partial charge in [0.25, 0.3) is 11.8 Å². The Morgan fingerprint density at radius 2 is 1.77 bits per heavy atom. The molecule has 0 spiro atoms. The highest BCUT2D eigenvalue weighted by atomic mass is 16.5. The van der Waals surface area contributed by atoms with Crippen molar-refractivity contribution in [1.82, 2.24) is 24.9 Å². The molecule has 5 rings (SSSR count). The lowest BCUT2D eigenvalue weighted by molar-refractivity contribution is 0.0629. The molecule has 4 aromatic rings. The highest BCUT2D eigenvalue weighted by molar-refractivity contribution is 5.94. The number of piperazine rings is 1. The Bertz CT molecular complexity index is 1200. The molecule has 0 saturated carbocycles. The molecule has 0 unspecified atom stereocenters. The van der Waals surface area contributed by atoms with Crippen LogP contribution >= 0.6 is 0 Å². The van der Waals surface area contributed by atoms with Gasteiger partial charge in [-0.1, -0.05) is 29.4 Å². The number of carbonyl (C=O) groups excluding carboxylic acids is 1. The van der Waals surface area contributed by atoms with Crippen molar-refractivity contribution in [1.29, 1.82) is 0 Å². The Balaban J connectivity index is 1.21. The van der Waals surface area contributed by atoms with Crippen LogP contribution in [0, 0.1) is 6.92 Å². The van der Waals surface area contributed by atoms with E-state index in [-0.39, 0.29) is 5.91 Å². The van der Waals surface area contributed by atoms with Crippen molar-refractivity contribution in [2.24, 2.45) is 0 Å². The van der Waals surface area contributed by atoms with Crippen LogP contribution < -0.4 is 0 Å². The summed E-state index contributed by atoms with van der Waals surface area (Å²) in [7, 11) is 0. The van der Waals surface area contributed by atoms with Crippen LogP contribution in [-0.4, -0.2) is 57.0 Å². The maximum Gasteiger partial charge on any atom is 0.257 e. The second kappa shape index (κ2) is 8.28. The van der Waals surface area contributed by atoms with Crippen LogP contribution in [0.15, 0.2) is 65.3 Å². The number of hydrogen-bond acceptors (Lipinski definition) is 6. The number of fused-ring (bicyclic) bond motifs is 1. The minimum atomic E-state index is 0.0553. The predicted molar refractivity (Wildman–Crippen MR) is 117 cm³/mol. The molecular formula is C24H23N5O2. The zero-order valence-corrected chi connectivity index (χ0v) is 17.4. The lowest BCUT2D eigenvalue weighted by Crippen LogP contribution is -2.48. The smallest absolute Gasteiger partial charge is 0.257 e. The van der Waals surface area contributed by atoms with Crippen LogP contribution in [0.1, 0.15) is 21.7 Å². The van der Waals surface area contributed by atoms with E-state index in [9.17, 15) is 4.79 Å². The molecule has 0 atom stereocenters. The van der Waals surface area contributed by atoms with Crippen LogP contribution in [0.3, 0.4) is 0 Å². The number of carbonyl (C=O) groups is 1. The minimum Gasteiger partial charge on any atom is -0.336 e. The first-order chi connectivity index (χ1) is 15.2. The van der Waals surface area contributed by atoms with E-state index in [0.717, 1.165) is 36.1 Å². The number of para-hydroxylation sites is 1. The number of aryl methyl sites for hydroxylation is 1. The Kier molecular flexibility index (Phi) is 5.18. The van der Waals surface area contributed by atoms with E-state index in [0.29, 0.717) is 30.4 Å². The largest absolute Gasteiger partial charge is 0.336 e. The van der Waals surface area contributed by atoms with Crippen molar-refractivity contribution < 1.29 is 9.32 Å². The van der Waals surface area contributed by atoms with Gasteiger partial charge in [0.05, 0.1) is 5.52 Å². The molecule has 3 heterocycles. The fraction of sp³-hybridized carbons (Fsp3) is 0.250. The summed E-state index contributed by atoms with van der Waals surface area (Å²) in [5, 5.41) is 4.97. The van der Waals surface area contributed by atoms with Gasteiger partial charge in [0.1, 0.15) is 0 Å². The predicted octanol–water partition coefficient (Wildman–Crippen LogP) is 3.55. The molecule has 31 heavy (non-hydrogen) atoms. The SMILES string of the molecule is Cc1noc(-c2ccc(C(=O)N3CCN(Cc4cccc5cccnc45)CC3)cc2)n1. The van der Waals surface area contributed by atoms with Crippen molar-refractivity contribution in [3.05, 3.63) is 77.7 Å². The second-order valence-electron chi connectivity index (χ2n) is 7.78. The van der Waals surface area contributed by atoms with Crippen molar-refractivity contribution in [3.63, 3.8) is 0 Å². The summed E-state index contributed by atoms with van der Waals surface area (Å²) in [6.45, 7) is 5.72. The topological polar surface area (TPSA) is 75.4 Å². The molecule has 1 saturated heterocycles. The van der Waals surface area contributed by atoms with Gasteiger partial charge in [-0.2, -0.15) is 4.98 Å². The highest BCUT2D eigenvalue weighted by Gasteiger charge is 2.23. The van der Waals surface area contributed by atoms with E-state index in [2.05, 4.69) is 44.3 Å². The standard InChI is InChI=1S/C24H23N5O2/c1-17-26-23(31-27-17)19-7-9-20(10-8-19)24(30)29-14-12-28(13-15-29)16-21-5-2-4-18-6-3-11-25-22(18)21/h2-11H,12-16H2,1H3. The molecule has 1 fully saturated rings. The number of rotatable bonds is 4. The summed E-state index contributed by atoms with van der Waals surface area (Å²) in [5.41, 5.74) is 3.77. The number of amides is 1. The fourth-order valence-corrected chi connectivity index (χ4v) is 4.00. The molecule has 2 aromatic heterocycles. The zero-order chi connectivity index (χ0) is 21.2. The molecule has 1 aliphatic rings. The molecule has 7 heteroatoms. The van der Waals surface area contributed by atoms with Crippen LogP contribution in [0.2, 0.25) is 0 Å². The number of pyridine rings is 1. The first-order valence-corrected chi connectivity index (χ1v) is 10.4. The van der Waals surface area contributed by atoms with E-state index < -0.39 is 0 Å². The number of nitrogens with zero attached hydrogens (tertiary/aromatic N) is 5. The van der Waals surface area contributed by atoms with Gasteiger partial charge >= 0.3 is 0 Å². The summed E-state index contributed by atoms with van der Waals surface area (Å²) in [4.78, 5) is 26.0. The van der Waals surface area contributed by atoms with Gasteiger partial charge in [0.2, 0.25) is 0 Å². The number of benzene rings is 2. The van der Waals surface area contributed by atoms with Crippen molar-refractivity contribution in [3.8, 4) is 11.5 Å². The van der Waals surface area contributed by atoms with Crippen molar-refractivity contribution in [2.45, 2.75) is 13.5 Å². The van der Waals surface area contributed by atoms with Gasteiger partial charge in [-0.25, -0.2) is 0 Å². The van der Waals surface area contributed by atoms with Gasteiger partial charge in [-0.05, 0) is 42.8 Å². The summed E-state index contributed by atoms with van der Waals surface area (Å²) in [6, 6.07) is 17.7. The Hall–Kier alpha value is -3.58. The third-order valence-electron chi connectivity index (χ3n) is 5.68. The quantitative estimate of drug-likeness (QED) is 0.509. The first kappa shape index (κ1) is 19.4. The third kappa shape index (κ3) is 4.04. The van der Waals surface area contributed by atoms with Crippen molar-refractivity contribution >= 4 is 16.8 Å². The first-order valence-electron chi connectivity index (χ1n) is 10.4. The van der Waals surface area contributed by atoms with Crippen LogP contribution in [0.25, 0.3) is 22.4 Å². The highest BCUT2D eigenvalue weighted by Crippen LogP contribution is 2.20. The van der Waals surface area contributed by atoms with Gasteiger partial charge in [0, 0.05) is 55.4 Å². The maximum atomic E-state index is 12.9.